The minimum Gasteiger partial charge on any atom is -0.497 e. The Morgan fingerprint density at radius 1 is 1.20 bits per heavy atom. The van der Waals surface area contributed by atoms with E-state index in [1.807, 2.05) is 18.2 Å². The molecule has 0 aromatic heterocycles. The maximum atomic E-state index is 10.5. The molecule has 1 fully saturated rings. The van der Waals surface area contributed by atoms with Crippen LogP contribution in [0.4, 0.5) is 0 Å². The summed E-state index contributed by atoms with van der Waals surface area (Å²) in [4.78, 5) is 0. The molecule has 1 aromatic carbocycles. The van der Waals surface area contributed by atoms with Crippen molar-refractivity contribution in [2.75, 3.05) is 7.11 Å². The number of hydrogen-bond acceptors (Lipinski definition) is 3. The summed E-state index contributed by atoms with van der Waals surface area (Å²) >= 11 is 0. The maximum Gasteiger partial charge on any atom is 0.126 e. The average Bonchev–Trinajstić information content (AvgIpc) is 2.36. The van der Waals surface area contributed by atoms with Crippen molar-refractivity contribution in [3.05, 3.63) is 23.8 Å². The van der Waals surface area contributed by atoms with Gasteiger partial charge in [-0.2, -0.15) is 0 Å². The highest BCUT2D eigenvalue weighted by Crippen LogP contribution is 2.49. The normalized spacial score (nSPS) is 36.3. The largest absolute Gasteiger partial charge is 0.497 e. The number of aliphatic hydroxyl groups excluding tert-OH is 1. The number of rotatable bonds is 1. The first-order chi connectivity index (χ1) is 9.51. The Balaban J connectivity index is 1.92. The maximum absolute atomic E-state index is 10.5. The fourth-order valence-corrected chi connectivity index (χ4v) is 4.20. The first-order valence-electron chi connectivity index (χ1n) is 7.56. The highest BCUT2D eigenvalue weighted by atomic mass is 16.5. The molecule has 3 rings (SSSR count). The molecule has 0 saturated heterocycles. The lowest BCUT2D eigenvalue weighted by molar-refractivity contribution is -0.0624. The molecule has 2 aliphatic rings. The van der Waals surface area contributed by atoms with Crippen LogP contribution in [0, 0.1) is 11.8 Å². The number of benzene rings is 1. The van der Waals surface area contributed by atoms with E-state index in [0.717, 1.165) is 29.9 Å². The Morgan fingerprint density at radius 2 is 1.90 bits per heavy atom. The van der Waals surface area contributed by atoms with Gasteiger partial charge >= 0.3 is 0 Å². The van der Waals surface area contributed by atoms with Gasteiger partial charge in [0, 0.05) is 12.0 Å². The second-order valence-corrected chi connectivity index (χ2v) is 6.76. The minimum absolute atomic E-state index is 0.182. The fourth-order valence-electron chi connectivity index (χ4n) is 4.20. The molecular weight excluding hydrogens is 252 g/mol. The van der Waals surface area contributed by atoms with Crippen LogP contribution < -0.4 is 9.47 Å². The van der Waals surface area contributed by atoms with E-state index >= 15 is 0 Å². The number of aliphatic hydroxyl groups is 1. The zero-order chi connectivity index (χ0) is 14.3. The smallest absolute Gasteiger partial charge is 0.126 e. The van der Waals surface area contributed by atoms with Crippen molar-refractivity contribution in [1.82, 2.24) is 0 Å². The van der Waals surface area contributed by atoms with Gasteiger partial charge in [0.2, 0.25) is 0 Å². The summed E-state index contributed by atoms with van der Waals surface area (Å²) in [7, 11) is 1.64. The van der Waals surface area contributed by atoms with Crippen molar-refractivity contribution in [1.29, 1.82) is 0 Å². The highest BCUT2D eigenvalue weighted by Gasteiger charge is 2.45. The van der Waals surface area contributed by atoms with Crippen LogP contribution in [0.15, 0.2) is 18.2 Å². The molecule has 1 aliphatic heterocycles. The van der Waals surface area contributed by atoms with Gasteiger partial charge in [-0.3, -0.25) is 0 Å². The van der Waals surface area contributed by atoms with Crippen LogP contribution in [-0.4, -0.2) is 17.8 Å². The molecule has 1 spiro atoms. The van der Waals surface area contributed by atoms with E-state index in [1.165, 1.54) is 6.42 Å². The summed E-state index contributed by atoms with van der Waals surface area (Å²) in [5.41, 5.74) is 0.679. The van der Waals surface area contributed by atoms with E-state index in [2.05, 4.69) is 13.8 Å². The molecule has 1 N–H and O–H groups in total. The molecule has 2 unspecified atom stereocenters. The summed E-state index contributed by atoms with van der Waals surface area (Å²) in [5.74, 6) is 2.91. The Morgan fingerprint density at radius 3 is 2.55 bits per heavy atom. The summed E-state index contributed by atoms with van der Waals surface area (Å²) < 4.78 is 11.6. The first-order valence-corrected chi connectivity index (χ1v) is 7.56. The van der Waals surface area contributed by atoms with Crippen LogP contribution in [0.2, 0.25) is 0 Å². The van der Waals surface area contributed by atoms with E-state index in [9.17, 15) is 5.11 Å². The van der Waals surface area contributed by atoms with Gasteiger partial charge in [0.25, 0.3) is 0 Å². The Kier molecular flexibility index (Phi) is 3.41. The monoisotopic (exact) mass is 276 g/mol. The third-order valence-corrected chi connectivity index (χ3v) is 4.71. The second-order valence-electron chi connectivity index (χ2n) is 6.76. The van der Waals surface area contributed by atoms with Crippen molar-refractivity contribution in [2.24, 2.45) is 11.8 Å². The SMILES string of the molecule is COc1ccc2c(c1)[C@@H](O)CC1(CC(C)CC(C)C1)O2. The molecule has 0 radical (unpaired) electrons. The summed E-state index contributed by atoms with van der Waals surface area (Å²) in [6.07, 6.45) is 3.59. The van der Waals surface area contributed by atoms with Crippen LogP contribution in [0.1, 0.15) is 51.2 Å². The molecular formula is C17H24O3. The van der Waals surface area contributed by atoms with Crippen molar-refractivity contribution >= 4 is 0 Å². The van der Waals surface area contributed by atoms with Crippen LogP contribution in [0.5, 0.6) is 11.5 Å². The van der Waals surface area contributed by atoms with Crippen LogP contribution in [0.25, 0.3) is 0 Å². The zero-order valence-electron chi connectivity index (χ0n) is 12.6. The van der Waals surface area contributed by atoms with Gasteiger partial charge < -0.3 is 14.6 Å². The molecule has 3 nitrogen and oxygen atoms in total. The third kappa shape index (κ3) is 2.39. The van der Waals surface area contributed by atoms with Crippen molar-refractivity contribution in [3.8, 4) is 11.5 Å². The lowest BCUT2D eigenvalue weighted by Gasteiger charge is -2.47. The zero-order valence-corrected chi connectivity index (χ0v) is 12.6. The van der Waals surface area contributed by atoms with Crippen LogP contribution >= 0.6 is 0 Å². The number of ether oxygens (including phenoxy) is 2. The Hall–Kier alpha value is -1.22. The quantitative estimate of drug-likeness (QED) is 0.850. The molecule has 0 bridgehead atoms. The van der Waals surface area contributed by atoms with E-state index in [-0.39, 0.29) is 5.60 Å². The molecule has 110 valence electrons. The molecule has 1 aromatic rings. The van der Waals surface area contributed by atoms with E-state index in [4.69, 9.17) is 9.47 Å². The molecule has 3 atom stereocenters. The standard InChI is InChI=1S/C17H24O3/c1-11-6-12(2)9-17(8-11)10-15(18)14-7-13(19-3)4-5-16(14)20-17/h4-5,7,11-12,15,18H,6,8-10H2,1-3H3/t11?,12?,15-,17?/m0/s1. The van der Waals surface area contributed by atoms with Crippen molar-refractivity contribution in [2.45, 2.75) is 51.2 Å². The highest BCUT2D eigenvalue weighted by molar-refractivity contribution is 5.43. The van der Waals surface area contributed by atoms with Gasteiger partial charge in [0.05, 0.1) is 13.2 Å². The molecule has 1 heterocycles. The Bertz CT molecular complexity index is 487. The number of fused-ring (bicyclic) bond motifs is 1. The molecule has 1 saturated carbocycles. The summed E-state index contributed by atoms with van der Waals surface area (Å²) in [6.45, 7) is 4.58. The first kappa shape index (κ1) is 13.7. The molecule has 20 heavy (non-hydrogen) atoms. The van der Waals surface area contributed by atoms with E-state index in [0.29, 0.717) is 18.3 Å². The Labute approximate surface area is 120 Å². The van der Waals surface area contributed by atoms with Gasteiger partial charge in [0.1, 0.15) is 17.1 Å². The van der Waals surface area contributed by atoms with Gasteiger partial charge in [-0.1, -0.05) is 13.8 Å². The average molecular weight is 276 g/mol. The minimum atomic E-state index is -0.452. The summed E-state index contributed by atoms with van der Waals surface area (Å²) in [5, 5.41) is 10.5. The van der Waals surface area contributed by atoms with Crippen LogP contribution in [-0.2, 0) is 0 Å². The van der Waals surface area contributed by atoms with Gasteiger partial charge in [0.15, 0.2) is 0 Å². The second kappa shape index (κ2) is 4.96. The molecule has 1 aliphatic carbocycles. The van der Waals surface area contributed by atoms with Crippen molar-refractivity contribution in [3.63, 3.8) is 0 Å². The van der Waals surface area contributed by atoms with Gasteiger partial charge in [-0.15, -0.1) is 0 Å². The molecule has 0 amide bonds. The van der Waals surface area contributed by atoms with E-state index < -0.39 is 6.10 Å². The predicted molar refractivity (Wildman–Crippen MR) is 78.1 cm³/mol. The lowest BCUT2D eigenvalue weighted by atomic mass is 9.70. The van der Waals surface area contributed by atoms with E-state index in [1.54, 1.807) is 7.11 Å². The molecule has 3 heteroatoms. The third-order valence-electron chi connectivity index (χ3n) is 4.71. The predicted octanol–water partition coefficient (Wildman–Crippen LogP) is 3.71. The van der Waals surface area contributed by atoms with Gasteiger partial charge in [-0.05, 0) is 49.3 Å². The lowest BCUT2D eigenvalue weighted by Crippen LogP contribution is -2.46. The topological polar surface area (TPSA) is 38.7 Å². The van der Waals surface area contributed by atoms with Gasteiger partial charge in [-0.25, -0.2) is 0 Å². The van der Waals surface area contributed by atoms with Crippen molar-refractivity contribution < 1.29 is 14.6 Å². The van der Waals surface area contributed by atoms with Crippen LogP contribution in [0.3, 0.4) is 0 Å². The number of methoxy groups -OCH3 is 1. The fraction of sp³-hybridized carbons (Fsp3) is 0.647. The summed E-state index contributed by atoms with van der Waals surface area (Å²) in [6, 6.07) is 5.73. The number of hydrogen-bond donors (Lipinski definition) is 1.